The lowest BCUT2D eigenvalue weighted by molar-refractivity contribution is 0.411. The minimum absolute atomic E-state index is 0.555. The van der Waals surface area contributed by atoms with Gasteiger partial charge in [-0.05, 0) is 18.6 Å². The minimum atomic E-state index is 0.555. The molecule has 2 rings (SSSR count). The molecule has 0 saturated carbocycles. The summed E-state index contributed by atoms with van der Waals surface area (Å²) in [5.74, 6) is 1.67. The summed E-state index contributed by atoms with van der Waals surface area (Å²) in [4.78, 5) is 0. The molecule has 4 nitrogen and oxygen atoms in total. The molecule has 2 N–H and O–H groups in total. The average molecular weight is 198 g/mol. The minimum Gasteiger partial charge on any atom is -0.315 e. The smallest absolute Gasteiger partial charge is 0.195 e. The van der Waals surface area contributed by atoms with Crippen molar-refractivity contribution in [3.05, 3.63) is 10.6 Å². The van der Waals surface area contributed by atoms with Crippen LogP contribution >= 0.6 is 12.2 Å². The van der Waals surface area contributed by atoms with Crippen molar-refractivity contribution in [3.8, 4) is 0 Å². The van der Waals surface area contributed by atoms with Crippen molar-refractivity contribution in [2.75, 3.05) is 13.1 Å². The van der Waals surface area contributed by atoms with Crippen LogP contribution in [-0.4, -0.2) is 27.9 Å². The first kappa shape index (κ1) is 8.90. The molecule has 13 heavy (non-hydrogen) atoms. The molecule has 0 radical (unpaired) electrons. The van der Waals surface area contributed by atoms with E-state index in [0.29, 0.717) is 5.92 Å². The fraction of sp³-hybridized carbons (Fsp3) is 0.750. The largest absolute Gasteiger partial charge is 0.315 e. The van der Waals surface area contributed by atoms with Gasteiger partial charge in [0.05, 0.1) is 0 Å². The van der Waals surface area contributed by atoms with Gasteiger partial charge >= 0.3 is 0 Å². The third kappa shape index (κ3) is 1.53. The highest BCUT2D eigenvalue weighted by Gasteiger charge is 2.24. The van der Waals surface area contributed by atoms with Crippen LogP contribution in [0.2, 0.25) is 0 Å². The molecule has 0 bridgehead atoms. The van der Waals surface area contributed by atoms with E-state index in [1.54, 1.807) is 0 Å². The van der Waals surface area contributed by atoms with Gasteiger partial charge in [-0.15, -0.1) is 0 Å². The molecule has 1 aliphatic heterocycles. The van der Waals surface area contributed by atoms with Gasteiger partial charge in [-0.3, -0.25) is 5.10 Å². The lowest BCUT2D eigenvalue weighted by Gasteiger charge is -2.26. The molecular formula is C8H14N4S. The SMILES string of the molecule is CCCn1c(C2CNC2)n[nH]c1=S. The molecule has 0 aliphatic carbocycles. The molecule has 0 spiro atoms. The number of nitrogens with zero attached hydrogens (tertiary/aromatic N) is 2. The first-order chi connectivity index (χ1) is 6.33. The van der Waals surface area contributed by atoms with E-state index in [1.165, 1.54) is 0 Å². The van der Waals surface area contributed by atoms with E-state index in [2.05, 4.69) is 27.0 Å². The Morgan fingerprint density at radius 3 is 2.92 bits per heavy atom. The molecule has 1 aromatic heterocycles. The van der Waals surface area contributed by atoms with E-state index < -0.39 is 0 Å². The monoisotopic (exact) mass is 198 g/mol. The first-order valence-electron chi connectivity index (χ1n) is 4.68. The number of hydrogen-bond donors (Lipinski definition) is 2. The first-order valence-corrected chi connectivity index (χ1v) is 5.09. The molecule has 72 valence electrons. The maximum absolute atomic E-state index is 5.15. The quantitative estimate of drug-likeness (QED) is 0.713. The molecule has 0 amide bonds. The Kier molecular flexibility index (Phi) is 2.46. The highest BCUT2D eigenvalue weighted by Crippen LogP contribution is 2.17. The summed E-state index contributed by atoms with van der Waals surface area (Å²) in [6.07, 6.45) is 1.10. The second kappa shape index (κ2) is 3.59. The van der Waals surface area contributed by atoms with E-state index in [-0.39, 0.29) is 0 Å². The van der Waals surface area contributed by atoms with Gasteiger partial charge in [0.15, 0.2) is 4.77 Å². The average Bonchev–Trinajstić information content (AvgIpc) is 2.33. The summed E-state index contributed by atoms with van der Waals surface area (Å²) in [6.45, 7) is 5.19. The Morgan fingerprint density at radius 2 is 2.38 bits per heavy atom. The number of nitrogens with one attached hydrogen (secondary N) is 2. The highest BCUT2D eigenvalue weighted by atomic mass is 32.1. The number of aromatic nitrogens is 3. The topological polar surface area (TPSA) is 45.6 Å². The van der Waals surface area contributed by atoms with Gasteiger partial charge in [-0.25, -0.2) is 0 Å². The van der Waals surface area contributed by atoms with Crippen LogP contribution in [0.15, 0.2) is 0 Å². The van der Waals surface area contributed by atoms with Crippen LogP contribution in [0.1, 0.15) is 25.1 Å². The summed E-state index contributed by atoms with van der Waals surface area (Å²) in [5, 5.41) is 10.4. The second-order valence-corrected chi connectivity index (χ2v) is 3.78. The van der Waals surface area contributed by atoms with Crippen LogP contribution in [0, 0.1) is 4.77 Å². The Labute approximate surface area is 82.4 Å². The van der Waals surface area contributed by atoms with Crippen LogP contribution in [0.3, 0.4) is 0 Å². The van der Waals surface area contributed by atoms with E-state index in [9.17, 15) is 0 Å². The van der Waals surface area contributed by atoms with Gasteiger partial charge in [0.25, 0.3) is 0 Å². The van der Waals surface area contributed by atoms with Crippen LogP contribution in [0.5, 0.6) is 0 Å². The zero-order valence-corrected chi connectivity index (χ0v) is 8.52. The molecule has 0 aromatic carbocycles. The van der Waals surface area contributed by atoms with Gasteiger partial charge in [0.1, 0.15) is 5.82 Å². The van der Waals surface area contributed by atoms with E-state index in [0.717, 1.165) is 36.7 Å². The zero-order valence-electron chi connectivity index (χ0n) is 7.71. The van der Waals surface area contributed by atoms with Gasteiger partial charge in [-0.1, -0.05) is 6.92 Å². The van der Waals surface area contributed by atoms with E-state index in [1.807, 2.05) is 0 Å². The number of rotatable bonds is 3. The van der Waals surface area contributed by atoms with Crippen molar-refractivity contribution in [3.63, 3.8) is 0 Å². The summed E-state index contributed by atoms with van der Waals surface area (Å²) in [7, 11) is 0. The van der Waals surface area contributed by atoms with Crippen molar-refractivity contribution in [2.45, 2.75) is 25.8 Å². The maximum atomic E-state index is 5.15. The Morgan fingerprint density at radius 1 is 1.62 bits per heavy atom. The van der Waals surface area contributed by atoms with Crippen LogP contribution in [0.4, 0.5) is 0 Å². The standard InChI is InChI=1S/C8H14N4S/c1-2-3-12-7(6-4-9-5-6)10-11-8(12)13/h6,9H,2-5H2,1H3,(H,11,13). The molecule has 2 heterocycles. The molecule has 1 fully saturated rings. The number of hydrogen-bond acceptors (Lipinski definition) is 3. The predicted octanol–water partition coefficient (Wildman–Crippen LogP) is 1.04. The third-order valence-corrected chi connectivity index (χ3v) is 2.69. The Balaban J connectivity index is 2.27. The third-order valence-electron chi connectivity index (χ3n) is 2.38. The predicted molar refractivity (Wildman–Crippen MR) is 53.3 cm³/mol. The Hall–Kier alpha value is -0.680. The second-order valence-electron chi connectivity index (χ2n) is 3.39. The molecular weight excluding hydrogens is 184 g/mol. The number of H-pyrrole nitrogens is 1. The molecule has 0 atom stereocenters. The Bertz CT molecular complexity index is 336. The van der Waals surface area contributed by atoms with Gasteiger partial charge in [-0.2, -0.15) is 5.10 Å². The lowest BCUT2D eigenvalue weighted by atomic mass is 10.0. The molecule has 1 saturated heterocycles. The molecule has 0 unspecified atom stereocenters. The zero-order chi connectivity index (χ0) is 9.26. The van der Waals surface area contributed by atoms with Crippen molar-refractivity contribution in [1.29, 1.82) is 0 Å². The van der Waals surface area contributed by atoms with Crippen molar-refractivity contribution < 1.29 is 0 Å². The summed E-state index contributed by atoms with van der Waals surface area (Å²) in [6, 6.07) is 0. The van der Waals surface area contributed by atoms with E-state index in [4.69, 9.17) is 12.2 Å². The molecule has 1 aliphatic rings. The summed E-state index contributed by atoms with van der Waals surface area (Å²) >= 11 is 5.15. The van der Waals surface area contributed by atoms with Crippen LogP contribution < -0.4 is 5.32 Å². The van der Waals surface area contributed by atoms with Crippen LogP contribution in [-0.2, 0) is 6.54 Å². The number of aromatic amines is 1. The molecule has 1 aromatic rings. The lowest BCUT2D eigenvalue weighted by Crippen LogP contribution is -2.41. The fourth-order valence-electron chi connectivity index (χ4n) is 1.55. The van der Waals surface area contributed by atoms with Crippen LogP contribution in [0.25, 0.3) is 0 Å². The van der Waals surface area contributed by atoms with E-state index >= 15 is 0 Å². The normalized spacial score (nSPS) is 17.3. The molecule has 5 heteroatoms. The fourth-order valence-corrected chi connectivity index (χ4v) is 1.78. The van der Waals surface area contributed by atoms with Gasteiger partial charge in [0.2, 0.25) is 0 Å². The highest BCUT2D eigenvalue weighted by molar-refractivity contribution is 7.71. The van der Waals surface area contributed by atoms with Crippen molar-refractivity contribution in [2.24, 2.45) is 0 Å². The summed E-state index contributed by atoms with van der Waals surface area (Å²) in [5.41, 5.74) is 0. The van der Waals surface area contributed by atoms with Crippen molar-refractivity contribution in [1.82, 2.24) is 20.1 Å². The van der Waals surface area contributed by atoms with Gasteiger partial charge < -0.3 is 9.88 Å². The van der Waals surface area contributed by atoms with Gasteiger partial charge in [0, 0.05) is 25.6 Å². The summed E-state index contributed by atoms with van der Waals surface area (Å²) < 4.78 is 2.87. The maximum Gasteiger partial charge on any atom is 0.195 e. The van der Waals surface area contributed by atoms with Crippen molar-refractivity contribution >= 4 is 12.2 Å².